The van der Waals surface area contributed by atoms with E-state index in [0.717, 1.165) is 40.4 Å². The molecule has 1 aromatic carbocycles. The lowest BCUT2D eigenvalue weighted by Gasteiger charge is -2.13. The minimum atomic E-state index is -0.364. The van der Waals surface area contributed by atoms with Crippen molar-refractivity contribution in [2.45, 2.75) is 64.2 Å². The van der Waals surface area contributed by atoms with Crippen LogP contribution in [0.2, 0.25) is 0 Å². The van der Waals surface area contributed by atoms with Crippen LogP contribution in [0.15, 0.2) is 22.9 Å². The summed E-state index contributed by atoms with van der Waals surface area (Å²) in [5.41, 5.74) is 3.78. The van der Waals surface area contributed by atoms with Gasteiger partial charge in [-0.15, -0.1) is 0 Å². The van der Waals surface area contributed by atoms with Crippen LogP contribution in [-0.4, -0.2) is 21.7 Å². The molecule has 136 valence electrons. The molecule has 0 spiro atoms. The van der Waals surface area contributed by atoms with Crippen LogP contribution in [0.4, 0.5) is 0 Å². The smallest absolute Gasteiger partial charge is 0.168 e. The van der Waals surface area contributed by atoms with Crippen LogP contribution >= 0.6 is 0 Å². The zero-order chi connectivity index (χ0) is 18.3. The first-order chi connectivity index (χ1) is 12.6. The van der Waals surface area contributed by atoms with Gasteiger partial charge in [0, 0.05) is 23.6 Å². The number of H-pyrrole nitrogens is 1. The van der Waals surface area contributed by atoms with Gasteiger partial charge in [-0.3, -0.25) is 9.78 Å². The molecule has 1 saturated carbocycles. The summed E-state index contributed by atoms with van der Waals surface area (Å²) in [5, 5.41) is 5.00. The number of nitrogens with zero attached hydrogens (tertiary/aromatic N) is 1. The zero-order valence-corrected chi connectivity index (χ0v) is 15.3. The lowest BCUT2D eigenvalue weighted by Crippen LogP contribution is -2.11. The van der Waals surface area contributed by atoms with Gasteiger partial charge in [0.1, 0.15) is 11.6 Å². The highest BCUT2D eigenvalue weighted by Crippen LogP contribution is 2.42. The van der Waals surface area contributed by atoms with E-state index in [1.807, 2.05) is 6.07 Å². The first-order valence-electron chi connectivity index (χ1n) is 9.44. The van der Waals surface area contributed by atoms with Crippen molar-refractivity contribution >= 4 is 33.4 Å². The average Bonchev–Trinajstić information content (AvgIpc) is 3.33. The predicted molar refractivity (Wildman–Crippen MR) is 100 cm³/mol. The monoisotopic (exact) mass is 352 g/mol. The molecule has 5 nitrogen and oxygen atoms in total. The fourth-order valence-electron chi connectivity index (χ4n) is 4.37. The predicted octanol–water partition coefficient (Wildman–Crippen LogP) is 5.01. The number of benzene rings is 1. The zero-order valence-electron chi connectivity index (χ0n) is 15.3. The molecule has 4 rings (SSSR count). The van der Waals surface area contributed by atoms with Crippen LogP contribution in [0.5, 0.6) is 0 Å². The van der Waals surface area contributed by atoms with Gasteiger partial charge in [0.25, 0.3) is 0 Å². The van der Waals surface area contributed by atoms with Gasteiger partial charge in [0.2, 0.25) is 0 Å². The molecule has 1 fully saturated rings. The molecule has 5 heteroatoms. The van der Waals surface area contributed by atoms with Crippen molar-refractivity contribution in [3.05, 3.63) is 29.6 Å². The highest BCUT2D eigenvalue weighted by atomic mass is 16.5. The number of carbonyl (C=O) groups excluding carboxylic acids is 2. The third-order valence-corrected chi connectivity index (χ3v) is 5.73. The van der Waals surface area contributed by atoms with Gasteiger partial charge in [0.05, 0.1) is 22.5 Å². The van der Waals surface area contributed by atoms with E-state index < -0.39 is 0 Å². The Hall–Kier alpha value is -2.43. The summed E-state index contributed by atoms with van der Waals surface area (Å²) in [5.74, 6) is 0.260. The standard InChI is InChI=1S/C21H24N2O3/c1-12(24)7-8-15(13(2)25)20-19-16-9-10-22-18(16)11-17(21(19)26-23-20)14-5-3-4-6-14/h9-11,14-15,23H,3-8H2,1-2H3. The lowest BCUT2D eigenvalue weighted by molar-refractivity contribution is -0.119. The number of hydrogen-bond acceptors (Lipinski definition) is 4. The number of aromatic nitrogens is 2. The van der Waals surface area contributed by atoms with Crippen LogP contribution in [0.25, 0.3) is 21.9 Å². The first kappa shape index (κ1) is 17.0. The fraction of sp³-hybridized carbons (Fsp3) is 0.476. The SMILES string of the molecule is CC(=O)CCC(C(C)=O)c1[nH]oc2c(C3CCCC3)cc3nccc3c12. The van der Waals surface area contributed by atoms with E-state index in [-0.39, 0.29) is 17.5 Å². The van der Waals surface area contributed by atoms with Crippen LogP contribution in [0.3, 0.4) is 0 Å². The van der Waals surface area contributed by atoms with Crippen molar-refractivity contribution in [2.24, 2.45) is 0 Å². The van der Waals surface area contributed by atoms with Gasteiger partial charge in [-0.2, -0.15) is 0 Å². The Morgan fingerprint density at radius 2 is 2.08 bits per heavy atom. The normalized spacial score (nSPS) is 16.5. The molecular weight excluding hydrogens is 328 g/mol. The maximum absolute atomic E-state index is 12.3. The first-order valence-corrected chi connectivity index (χ1v) is 9.44. The van der Waals surface area contributed by atoms with Gasteiger partial charge in [-0.25, -0.2) is 5.16 Å². The number of carbonyl (C=O) groups is 2. The quantitative estimate of drug-likeness (QED) is 0.676. The van der Waals surface area contributed by atoms with Crippen LogP contribution in [-0.2, 0) is 9.59 Å². The molecule has 0 amide bonds. The van der Waals surface area contributed by atoms with E-state index in [9.17, 15) is 9.59 Å². The van der Waals surface area contributed by atoms with Crippen molar-refractivity contribution in [3.63, 3.8) is 0 Å². The molecule has 0 radical (unpaired) electrons. The molecule has 0 saturated heterocycles. The van der Waals surface area contributed by atoms with Gasteiger partial charge >= 0.3 is 0 Å². The van der Waals surface area contributed by atoms with Crippen LogP contribution in [0, 0.1) is 0 Å². The second-order valence-corrected chi connectivity index (χ2v) is 7.55. The maximum Gasteiger partial charge on any atom is 0.168 e. The highest BCUT2D eigenvalue weighted by molar-refractivity contribution is 6.09. The Labute approximate surface area is 152 Å². The Balaban J connectivity index is 1.90. The molecule has 26 heavy (non-hydrogen) atoms. The summed E-state index contributed by atoms with van der Waals surface area (Å²) in [6, 6.07) is 4.12. The summed E-state index contributed by atoms with van der Waals surface area (Å²) in [7, 11) is 0. The molecule has 0 aliphatic heterocycles. The van der Waals surface area contributed by atoms with Crippen molar-refractivity contribution < 1.29 is 14.1 Å². The summed E-state index contributed by atoms with van der Waals surface area (Å²) < 4.78 is 5.92. The van der Waals surface area contributed by atoms with Crippen molar-refractivity contribution in [3.8, 4) is 0 Å². The number of nitrogens with one attached hydrogen (secondary N) is 1. The Bertz CT molecular complexity index is 976. The molecule has 1 aliphatic rings. The second kappa shape index (κ2) is 6.71. The number of rotatable bonds is 6. The van der Waals surface area contributed by atoms with E-state index in [1.54, 1.807) is 20.0 Å². The van der Waals surface area contributed by atoms with Gasteiger partial charge in [-0.05, 0) is 51.2 Å². The topological polar surface area (TPSA) is 76.0 Å². The molecule has 2 heterocycles. The third kappa shape index (κ3) is 2.85. The molecule has 1 atom stereocenters. The number of hydrogen-bond donors (Lipinski definition) is 1. The lowest BCUT2D eigenvalue weighted by atomic mass is 9.89. The Kier molecular flexibility index (Phi) is 4.39. The van der Waals surface area contributed by atoms with E-state index >= 15 is 0 Å². The Morgan fingerprint density at radius 1 is 1.31 bits per heavy atom. The summed E-state index contributed by atoms with van der Waals surface area (Å²) in [6.07, 6.45) is 7.50. The average molecular weight is 352 g/mol. The van der Waals surface area contributed by atoms with Crippen molar-refractivity contribution in [1.82, 2.24) is 10.1 Å². The Morgan fingerprint density at radius 3 is 2.77 bits per heavy atom. The molecule has 2 aromatic heterocycles. The summed E-state index contributed by atoms with van der Waals surface area (Å²) in [4.78, 5) is 28.3. The van der Waals surface area contributed by atoms with Crippen LogP contribution < -0.4 is 0 Å². The van der Waals surface area contributed by atoms with Crippen LogP contribution in [0.1, 0.15) is 75.5 Å². The molecule has 1 aliphatic carbocycles. The third-order valence-electron chi connectivity index (χ3n) is 5.73. The molecule has 3 aromatic rings. The number of ketones is 2. The van der Waals surface area contributed by atoms with E-state index in [0.29, 0.717) is 18.8 Å². The molecule has 1 N–H and O–H groups in total. The second-order valence-electron chi connectivity index (χ2n) is 7.55. The minimum absolute atomic E-state index is 0.0455. The van der Waals surface area contributed by atoms with Gasteiger partial charge in [0.15, 0.2) is 5.58 Å². The van der Waals surface area contributed by atoms with Gasteiger partial charge in [-0.1, -0.05) is 12.8 Å². The van der Waals surface area contributed by atoms with E-state index in [4.69, 9.17) is 4.52 Å². The summed E-state index contributed by atoms with van der Waals surface area (Å²) >= 11 is 0. The number of aromatic amines is 1. The minimum Gasteiger partial charge on any atom is -0.381 e. The van der Waals surface area contributed by atoms with Gasteiger partial charge < -0.3 is 9.32 Å². The number of Topliss-reactive ketones (excluding diaryl/α,β-unsaturated/α-hetero) is 2. The largest absolute Gasteiger partial charge is 0.381 e. The van der Waals surface area contributed by atoms with Crippen molar-refractivity contribution in [1.29, 1.82) is 0 Å². The highest BCUT2D eigenvalue weighted by Gasteiger charge is 2.28. The molecule has 0 bridgehead atoms. The van der Waals surface area contributed by atoms with E-state index in [2.05, 4.69) is 16.2 Å². The van der Waals surface area contributed by atoms with E-state index in [1.165, 1.54) is 18.4 Å². The maximum atomic E-state index is 12.3. The molecule has 1 unspecified atom stereocenters. The number of fused-ring (bicyclic) bond motifs is 3. The van der Waals surface area contributed by atoms with Crippen molar-refractivity contribution in [2.75, 3.05) is 0 Å². The fourth-order valence-corrected chi connectivity index (χ4v) is 4.37. The summed E-state index contributed by atoms with van der Waals surface area (Å²) in [6.45, 7) is 3.14. The molecular formula is C21H24N2O3.